The first-order valence-corrected chi connectivity index (χ1v) is 22.6. The third-order valence-electron chi connectivity index (χ3n) is 14.7. The predicted molar refractivity (Wildman–Crippen MR) is 237 cm³/mol. The average molecular weight is 832 g/mol. The Morgan fingerprint density at radius 3 is 1.90 bits per heavy atom. The Balaban J connectivity index is 0.689. The second kappa shape index (κ2) is 17.3. The average Bonchev–Trinajstić information content (AvgIpc) is 3.61. The molecule has 3 aromatic carbocycles. The number of halogens is 1. The number of amides is 4. The van der Waals surface area contributed by atoms with E-state index >= 15 is 0 Å². The van der Waals surface area contributed by atoms with Crippen LogP contribution in [0.25, 0.3) is 0 Å². The van der Waals surface area contributed by atoms with Crippen molar-refractivity contribution in [1.82, 2.24) is 20.0 Å². The lowest BCUT2D eigenvalue weighted by Crippen LogP contribution is -2.55. The van der Waals surface area contributed by atoms with Crippen LogP contribution in [0.1, 0.15) is 74.2 Å². The van der Waals surface area contributed by atoms with E-state index in [1.807, 2.05) is 42.5 Å². The van der Waals surface area contributed by atoms with Crippen LogP contribution in [0.15, 0.2) is 66.7 Å². The van der Waals surface area contributed by atoms with Gasteiger partial charge in [-0.25, -0.2) is 4.79 Å². The quantitative estimate of drug-likeness (QED) is 0.288. The van der Waals surface area contributed by atoms with E-state index in [1.54, 1.807) is 4.90 Å². The van der Waals surface area contributed by atoms with Crippen molar-refractivity contribution in [3.63, 3.8) is 0 Å². The number of nitriles is 1. The maximum absolute atomic E-state index is 13.6. The summed E-state index contributed by atoms with van der Waals surface area (Å²) < 4.78 is 0. The molecule has 6 aliphatic heterocycles. The molecule has 0 bridgehead atoms. The van der Waals surface area contributed by atoms with Crippen LogP contribution in [0.5, 0.6) is 0 Å². The van der Waals surface area contributed by atoms with Crippen LogP contribution in [0, 0.1) is 16.7 Å². The van der Waals surface area contributed by atoms with Crippen molar-refractivity contribution in [1.29, 1.82) is 5.26 Å². The van der Waals surface area contributed by atoms with Crippen molar-refractivity contribution in [2.24, 2.45) is 5.41 Å². The summed E-state index contributed by atoms with van der Waals surface area (Å²) in [6.45, 7) is 13.7. The lowest BCUT2D eigenvalue weighted by atomic mass is 9.76. The molecule has 1 atom stereocenters. The Labute approximate surface area is 359 Å². The fourth-order valence-corrected chi connectivity index (χ4v) is 11.3. The lowest BCUT2D eigenvalue weighted by molar-refractivity contribution is -0.120. The first-order chi connectivity index (χ1) is 29.1. The summed E-state index contributed by atoms with van der Waals surface area (Å²) in [5.74, 6) is -0.0604. The Kier molecular flexibility index (Phi) is 11.7. The normalized spacial score (nSPS) is 23.6. The highest BCUT2D eigenvalue weighted by Gasteiger charge is 2.44. The second-order valence-corrected chi connectivity index (χ2v) is 18.5. The van der Waals surface area contributed by atoms with E-state index in [0.717, 1.165) is 121 Å². The number of nitrogens with one attached hydrogen (secondary N) is 1. The van der Waals surface area contributed by atoms with E-state index in [1.165, 1.54) is 24.2 Å². The minimum absolute atomic E-state index is 0.154. The Bertz CT molecular complexity index is 2080. The molecule has 9 rings (SSSR count). The highest BCUT2D eigenvalue weighted by atomic mass is 35.5. The number of rotatable bonds is 7. The molecule has 0 radical (unpaired) electrons. The number of carbonyl (C=O) groups excluding carboxylic acids is 3. The van der Waals surface area contributed by atoms with Crippen LogP contribution in [0.2, 0.25) is 5.02 Å². The number of nitrogens with zero attached hydrogens (tertiary/aromatic N) is 8. The van der Waals surface area contributed by atoms with Gasteiger partial charge in [0.2, 0.25) is 5.91 Å². The molecule has 6 saturated heterocycles. The second-order valence-electron chi connectivity index (χ2n) is 18.1. The first-order valence-electron chi connectivity index (χ1n) is 22.2. The van der Waals surface area contributed by atoms with Crippen LogP contribution in [0.3, 0.4) is 0 Å². The van der Waals surface area contributed by atoms with Gasteiger partial charge in [-0.1, -0.05) is 11.6 Å². The van der Waals surface area contributed by atoms with Gasteiger partial charge in [0.1, 0.15) is 6.07 Å². The number of imide groups is 1. The van der Waals surface area contributed by atoms with Crippen molar-refractivity contribution in [3.8, 4) is 6.07 Å². The predicted octanol–water partition coefficient (Wildman–Crippen LogP) is 6.43. The van der Waals surface area contributed by atoms with Crippen LogP contribution in [-0.4, -0.2) is 129 Å². The highest BCUT2D eigenvalue weighted by Crippen LogP contribution is 2.46. The fourth-order valence-electron chi connectivity index (χ4n) is 11.1. The number of piperidine rings is 3. The Morgan fingerprint density at radius 2 is 1.28 bits per heavy atom. The summed E-state index contributed by atoms with van der Waals surface area (Å²) in [4.78, 5) is 53.9. The fraction of sp³-hybridized carbons (Fsp3) is 0.532. The minimum atomic E-state index is -0.346. The Morgan fingerprint density at radius 1 is 0.717 bits per heavy atom. The lowest BCUT2D eigenvalue weighted by Gasteiger charge is -2.46. The van der Waals surface area contributed by atoms with Crippen LogP contribution in [-0.2, 0) is 4.79 Å². The molecule has 4 amide bonds. The molecular weight excluding hydrogens is 774 g/mol. The smallest absolute Gasteiger partial charge is 0.328 e. The zero-order chi connectivity index (χ0) is 41.4. The van der Waals surface area contributed by atoms with Gasteiger partial charge in [-0.3, -0.25) is 24.7 Å². The molecule has 12 nitrogen and oxygen atoms in total. The number of urea groups is 1. The van der Waals surface area contributed by atoms with Gasteiger partial charge in [-0.2, -0.15) is 5.26 Å². The van der Waals surface area contributed by atoms with E-state index < -0.39 is 0 Å². The van der Waals surface area contributed by atoms with Crippen molar-refractivity contribution in [3.05, 3.63) is 82.9 Å². The molecule has 0 saturated carbocycles. The molecule has 1 N–H and O–H groups in total. The van der Waals surface area contributed by atoms with Gasteiger partial charge in [0.05, 0.1) is 10.6 Å². The third-order valence-corrected chi connectivity index (χ3v) is 15.0. The standard InChI is InChI=1S/C47H58ClN9O3/c1-34-31-47(33-57(34)42-7-4-36(32-49)43(48)30-42)17-24-52(25-18-47)37-5-2-35(3-6-37)45(59)55-21-14-39(15-22-55)51-19-12-40(13-20-51)54-28-26-53(27-29-54)38-8-10-41(11-9-38)56-23-16-44(58)50-46(56)60/h2-11,30,34,39-40H,12-29,31,33H2,1H3,(H,50,58,60). The number of carbonyl (C=O) groups is 3. The summed E-state index contributed by atoms with van der Waals surface area (Å²) in [6, 6.07) is 25.7. The molecule has 0 aliphatic carbocycles. The molecule has 3 aromatic rings. The molecule has 60 heavy (non-hydrogen) atoms. The summed E-state index contributed by atoms with van der Waals surface area (Å²) in [6.07, 6.45) is 8.23. The van der Waals surface area contributed by atoms with E-state index in [4.69, 9.17) is 11.6 Å². The number of hydrogen-bond acceptors (Lipinski definition) is 9. The number of piperazine rings is 1. The van der Waals surface area contributed by atoms with Crippen molar-refractivity contribution < 1.29 is 14.4 Å². The summed E-state index contributed by atoms with van der Waals surface area (Å²) >= 11 is 6.39. The number of benzene rings is 3. The van der Waals surface area contributed by atoms with Crippen LogP contribution < -0.4 is 24.9 Å². The minimum Gasteiger partial charge on any atom is -0.371 e. The third kappa shape index (κ3) is 8.41. The van der Waals surface area contributed by atoms with Gasteiger partial charge in [-0.05, 0) is 137 Å². The van der Waals surface area contributed by atoms with Gasteiger partial charge in [0.15, 0.2) is 0 Å². The number of anilines is 4. The van der Waals surface area contributed by atoms with E-state index in [2.05, 4.69) is 72.0 Å². The van der Waals surface area contributed by atoms with Gasteiger partial charge in [-0.15, -0.1) is 0 Å². The molecular formula is C47H58ClN9O3. The van der Waals surface area contributed by atoms with E-state index in [9.17, 15) is 19.6 Å². The van der Waals surface area contributed by atoms with E-state index in [-0.39, 0.29) is 23.3 Å². The SMILES string of the molecule is CC1CC2(CCN(c3ccc(C(=O)N4CCC(N5CCC(N6CCN(c7ccc(N8CCC(=O)NC8=O)cc7)CC6)CC5)CC4)cc3)CC2)CN1c1ccc(C#N)c(Cl)c1. The topological polar surface area (TPSA) is 110 Å². The maximum atomic E-state index is 13.6. The molecule has 1 unspecified atom stereocenters. The summed E-state index contributed by atoms with van der Waals surface area (Å²) in [7, 11) is 0. The molecule has 316 valence electrons. The zero-order valence-electron chi connectivity index (χ0n) is 34.9. The van der Waals surface area contributed by atoms with Crippen molar-refractivity contribution in [2.45, 2.75) is 76.4 Å². The monoisotopic (exact) mass is 831 g/mol. The van der Waals surface area contributed by atoms with Gasteiger partial charge >= 0.3 is 6.03 Å². The van der Waals surface area contributed by atoms with Crippen LogP contribution >= 0.6 is 11.6 Å². The van der Waals surface area contributed by atoms with Gasteiger partial charge in [0, 0.05) is 118 Å². The van der Waals surface area contributed by atoms with E-state index in [0.29, 0.717) is 41.7 Å². The largest absolute Gasteiger partial charge is 0.371 e. The maximum Gasteiger partial charge on any atom is 0.328 e. The van der Waals surface area contributed by atoms with Gasteiger partial charge < -0.3 is 24.5 Å². The number of hydrogen-bond donors (Lipinski definition) is 1. The van der Waals surface area contributed by atoms with Gasteiger partial charge in [0.25, 0.3) is 5.91 Å². The molecule has 6 aliphatic rings. The zero-order valence-corrected chi connectivity index (χ0v) is 35.7. The first kappa shape index (κ1) is 40.6. The molecule has 6 heterocycles. The summed E-state index contributed by atoms with van der Waals surface area (Å²) in [5.41, 5.74) is 5.89. The molecule has 13 heteroatoms. The van der Waals surface area contributed by atoms with Crippen molar-refractivity contribution >= 4 is 52.2 Å². The number of likely N-dealkylation sites (tertiary alicyclic amines) is 2. The van der Waals surface area contributed by atoms with Crippen molar-refractivity contribution in [2.75, 3.05) is 98.1 Å². The van der Waals surface area contributed by atoms with Crippen LogP contribution in [0.4, 0.5) is 27.5 Å². The summed E-state index contributed by atoms with van der Waals surface area (Å²) in [5, 5.41) is 12.2. The molecule has 6 fully saturated rings. The molecule has 1 spiro atoms. The molecule has 0 aromatic heterocycles. The highest BCUT2D eigenvalue weighted by molar-refractivity contribution is 6.32. The Hall–Kier alpha value is -4.83.